The van der Waals surface area contributed by atoms with Crippen LogP contribution in [0, 0.1) is 0 Å². The Morgan fingerprint density at radius 3 is 3.10 bits per heavy atom. The molecule has 1 saturated heterocycles. The van der Waals surface area contributed by atoms with E-state index in [2.05, 4.69) is 12.0 Å². The van der Waals surface area contributed by atoms with Crippen molar-refractivity contribution in [3.05, 3.63) is 12.7 Å². The number of nitrogens with zero attached hydrogens (tertiary/aromatic N) is 1. The molecule has 0 unspecified atom stereocenters. The Kier molecular flexibility index (Phi) is 2.45. The second kappa shape index (κ2) is 3.37. The van der Waals surface area contributed by atoms with Crippen molar-refractivity contribution in [1.29, 1.82) is 0 Å². The Hall–Kier alpha value is -0.830. The molecule has 1 fully saturated rings. The molecule has 0 atom stereocenters. The molecule has 0 aromatic heterocycles. The molecule has 0 aromatic carbocycles. The monoisotopic (exact) mass is 140 g/mol. The van der Waals surface area contributed by atoms with E-state index >= 15 is 0 Å². The second-order valence-electron chi connectivity index (χ2n) is 2.35. The van der Waals surface area contributed by atoms with Crippen LogP contribution >= 0.6 is 0 Å². The highest BCUT2D eigenvalue weighted by Gasteiger charge is 2.16. The van der Waals surface area contributed by atoms with Crippen LogP contribution in [0.2, 0.25) is 0 Å². The van der Waals surface area contributed by atoms with E-state index in [0.29, 0.717) is 6.42 Å². The van der Waals surface area contributed by atoms with Gasteiger partial charge in [-0.15, -0.1) is 6.58 Å². The van der Waals surface area contributed by atoms with Crippen molar-refractivity contribution in [2.45, 2.75) is 12.8 Å². The maximum Gasteiger partial charge on any atom is 0.235 e. The Labute approximate surface area is 60.7 Å². The van der Waals surface area contributed by atoms with Crippen LogP contribution in [0.5, 0.6) is 0 Å². The van der Waals surface area contributed by atoms with Crippen LogP contribution < -0.4 is 5.43 Å². The molecule has 0 aromatic rings. The highest BCUT2D eigenvalue weighted by Crippen LogP contribution is 1.98. The largest absolute Gasteiger partial charge is 0.289 e. The number of rotatable bonds is 3. The van der Waals surface area contributed by atoms with Crippen LogP contribution in [0.4, 0.5) is 0 Å². The molecule has 1 rings (SSSR count). The topological polar surface area (TPSA) is 32.3 Å². The molecule has 0 spiro atoms. The third-order valence-electron chi connectivity index (χ3n) is 1.49. The maximum absolute atomic E-state index is 10.6. The van der Waals surface area contributed by atoms with E-state index in [1.165, 1.54) is 0 Å². The first kappa shape index (κ1) is 7.28. The van der Waals surface area contributed by atoms with Gasteiger partial charge >= 0.3 is 0 Å². The molecule has 3 nitrogen and oxygen atoms in total. The standard InChI is InChI=1S/C7H12N2O/c1-2-3-5-9-6-4-7(10)8-9/h2H,1,3-6H2,(H,8,10). The number of nitrogens with one attached hydrogen (secondary N) is 1. The Balaban J connectivity index is 2.18. The van der Waals surface area contributed by atoms with Gasteiger partial charge in [-0.1, -0.05) is 6.08 Å². The normalized spacial score (nSPS) is 19.0. The molecule has 3 heteroatoms. The van der Waals surface area contributed by atoms with Gasteiger partial charge in [0.1, 0.15) is 0 Å². The molecule has 1 amide bonds. The third-order valence-corrected chi connectivity index (χ3v) is 1.49. The van der Waals surface area contributed by atoms with Crippen molar-refractivity contribution in [3.8, 4) is 0 Å². The molecule has 0 saturated carbocycles. The van der Waals surface area contributed by atoms with E-state index in [-0.39, 0.29) is 5.91 Å². The van der Waals surface area contributed by atoms with Crippen molar-refractivity contribution in [1.82, 2.24) is 10.4 Å². The lowest BCUT2D eigenvalue weighted by Gasteiger charge is -2.11. The van der Waals surface area contributed by atoms with Crippen molar-refractivity contribution in [3.63, 3.8) is 0 Å². The smallest absolute Gasteiger partial charge is 0.235 e. The van der Waals surface area contributed by atoms with Crippen LogP contribution in [-0.2, 0) is 4.79 Å². The summed E-state index contributed by atoms with van der Waals surface area (Å²) < 4.78 is 0. The fourth-order valence-corrected chi connectivity index (χ4v) is 0.939. The zero-order chi connectivity index (χ0) is 7.40. The van der Waals surface area contributed by atoms with Gasteiger partial charge in [0.2, 0.25) is 5.91 Å². The minimum Gasteiger partial charge on any atom is -0.289 e. The zero-order valence-corrected chi connectivity index (χ0v) is 5.97. The molecule has 1 aliphatic heterocycles. The minimum atomic E-state index is 0.129. The van der Waals surface area contributed by atoms with E-state index in [9.17, 15) is 4.79 Å². The van der Waals surface area contributed by atoms with Gasteiger partial charge in [-0.3, -0.25) is 10.2 Å². The van der Waals surface area contributed by atoms with Crippen molar-refractivity contribution >= 4 is 5.91 Å². The molecule has 0 radical (unpaired) electrons. The first-order chi connectivity index (χ1) is 4.83. The fraction of sp³-hybridized carbons (Fsp3) is 0.571. The Morgan fingerprint density at radius 2 is 2.60 bits per heavy atom. The lowest BCUT2D eigenvalue weighted by atomic mass is 10.4. The zero-order valence-electron chi connectivity index (χ0n) is 5.97. The van der Waals surface area contributed by atoms with Crippen LogP contribution in [0.1, 0.15) is 12.8 Å². The summed E-state index contributed by atoms with van der Waals surface area (Å²) in [5, 5.41) is 1.92. The molecular weight excluding hydrogens is 128 g/mol. The highest BCUT2D eigenvalue weighted by atomic mass is 16.2. The van der Waals surface area contributed by atoms with Gasteiger partial charge in [0.25, 0.3) is 0 Å². The lowest BCUT2D eigenvalue weighted by Crippen LogP contribution is -2.33. The maximum atomic E-state index is 10.6. The predicted octanol–water partition coefficient (Wildman–Crippen LogP) is 0.299. The van der Waals surface area contributed by atoms with E-state index in [1.807, 2.05) is 11.1 Å². The molecule has 0 aliphatic carbocycles. The summed E-state index contributed by atoms with van der Waals surface area (Å²) in [6, 6.07) is 0. The van der Waals surface area contributed by atoms with Crippen LogP contribution in [0.3, 0.4) is 0 Å². The van der Waals surface area contributed by atoms with Crippen molar-refractivity contribution in [2.24, 2.45) is 0 Å². The quantitative estimate of drug-likeness (QED) is 0.572. The number of hydrazine groups is 1. The van der Waals surface area contributed by atoms with Crippen molar-refractivity contribution < 1.29 is 4.79 Å². The first-order valence-corrected chi connectivity index (χ1v) is 3.48. The number of carbonyl (C=O) groups excluding carboxylic acids is 1. The Morgan fingerprint density at radius 1 is 1.80 bits per heavy atom. The minimum absolute atomic E-state index is 0.129. The van der Waals surface area contributed by atoms with Crippen LogP contribution in [0.25, 0.3) is 0 Å². The summed E-state index contributed by atoms with van der Waals surface area (Å²) >= 11 is 0. The number of hydrogen-bond acceptors (Lipinski definition) is 2. The van der Waals surface area contributed by atoms with Crippen molar-refractivity contribution in [2.75, 3.05) is 13.1 Å². The van der Waals surface area contributed by atoms with Gasteiger partial charge < -0.3 is 0 Å². The molecule has 56 valence electrons. The molecule has 0 bridgehead atoms. The average Bonchev–Trinajstić information content (AvgIpc) is 2.31. The highest BCUT2D eigenvalue weighted by molar-refractivity contribution is 5.77. The molecule has 1 aliphatic rings. The summed E-state index contributed by atoms with van der Waals surface area (Å²) in [5.41, 5.74) is 2.74. The van der Waals surface area contributed by atoms with Crippen LogP contribution in [0.15, 0.2) is 12.7 Å². The number of carbonyl (C=O) groups is 1. The first-order valence-electron chi connectivity index (χ1n) is 3.48. The predicted molar refractivity (Wildman–Crippen MR) is 39.1 cm³/mol. The van der Waals surface area contributed by atoms with Gasteiger partial charge in [0.05, 0.1) is 0 Å². The summed E-state index contributed by atoms with van der Waals surface area (Å²) in [6.07, 6.45) is 3.42. The van der Waals surface area contributed by atoms with Gasteiger partial charge in [0.15, 0.2) is 0 Å². The van der Waals surface area contributed by atoms with Gasteiger partial charge in [-0.05, 0) is 6.42 Å². The summed E-state index contributed by atoms with van der Waals surface area (Å²) in [4.78, 5) is 10.6. The van der Waals surface area contributed by atoms with E-state index in [1.54, 1.807) is 0 Å². The van der Waals surface area contributed by atoms with Gasteiger partial charge in [0, 0.05) is 19.5 Å². The summed E-state index contributed by atoms with van der Waals surface area (Å²) in [5.74, 6) is 0.129. The lowest BCUT2D eigenvalue weighted by molar-refractivity contribution is -0.121. The fourth-order valence-electron chi connectivity index (χ4n) is 0.939. The summed E-state index contributed by atoms with van der Waals surface area (Å²) in [7, 11) is 0. The number of amides is 1. The van der Waals surface area contributed by atoms with E-state index in [4.69, 9.17) is 0 Å². The Bertz CT molecular complexity index is 145. The van der Waals surface area contributed by atoms with Gasteiger partial charge in [-0.2, -0.15) is 0 Å². The van der Waals surface area contributed by atoms with E-state index < -0.39 is 0 Å². The van der Waals surface area contributed by atoms with Crippen LogP contribution in [-0.4, -0.2) is 24.0 Å². The van der Waals surface area contributed by atoms with Gasteiger partial charge in [-0.25, -0.2) is 5.01 Å². The molecule has 1 N–H and O–H groups in total. The average molecular weight is 140 g/mol. The summed E-state index contributed by atoms with van der Waals surface area (Å²) in [6.45, 7) is 5.33. The second-order valence-corrected chi connectivity index (χ2v) is 2.35. The third kappa shape index (κ3) is 1.84. The molecule has 10 heavy (non-hydrogen) atoms. The SMILES string of the molecule is C=CCCN1CCC(=O)N1. The number of hydrogen-bond donors (Lipinski definition) is 1. The van der Waals surface area contributed by atoms with E-state index in [0.717, 1.165) is 19.5 Å². The molecular formula is C7H12N2O. The molecule has 1 heterocycles.